The molecule has 1 fully saturated rings. The van der Waals surface area contributed by atoms with Crippen LogP contribution >= 0.6 is 15.9 Å². The first kappa shape index (κ1) is 11.2. The van der Waals surface area contributed by atoms with Crippen molar-refractivity contribution in [2.24, 2.45) is 5.92 Å². The van der Waals surface area contributed by atoms with Gasteiger partial charge in [-0.1, -0.05) is 34.5 Å². The van der Waals surface area contributed by atoms with Gasteiger partial charge in [-0.05, 0) is 49.9 Å². The van der Waals surface area contributed by atoms with Gasteiger partial charge in [-0.3, -0.25) is 0 Å². The van der Waals surface area contributed by atoms with E-state index in [1.807, 2.05) is 0 Å². The largest absolute Gasteiger partial charge is 0.317 e. The maximum Gasteiger partial charge on any atom is 0.0175 e. The van der Waals surface area contributed by atoms with Gasteiger partial charge in [0, 0.05) is 10.5 Å². The van der Waals surface area contributed by atoms with Crippen LogP contribution < -0.4 is 5.32 Å². The molecule has 1 aromatic carbocycles. The molecule has 15 heavy (non-hydrogen) atoms. The average molecular weight is 268 g/mol. The van der Waals surface area contributed by atoms with E-state index in [1.165, 1.54) is 35.7 Å². The summed E-state index contributed by atoms with van der Waals surface area (Å²) < 4.78 is 1.17. The molecule has 0 radical (unpaired) electrons. The minimum atomic E-state index is 0.730. The zero-order valence-electron chi connectivity index (χ0n) is 9.17. The molecule has 2 rings (SSSR count). The van der Waals surface area contributed by atoms with Crippen LogP contribution in [0, 0.1) is 5.92 Å². The Bertz CT molecular complexity index is 307. The molecule has 1 aliphatic carbocycles. The molecule has 1 aliphatic rings. The van der Waals surface area contributed by atoms with Crippen LogP contribution in [-0.4, -0.2) is 13.1 Å². The Hall–Kier alpha value is -0.340. The van der Waals surface area contributed by atoms with E-state index in [0.29, 0.717) is 0 Å². The van der Waals surface area contributed by atoms with Crippen molar-refractivity contribution in [3.8, 4) is 0 Å². The van der Waals surface area contributed by atoms with Crippen molar-refractivity contribution in [2.45, 2.75) is 31.7 Å². The quantitative estimate of drug-likeness (QED) is 0.886. The van der Waals surface area contributed by atoms with Gasteiger partial charge in [0.25, 0.3) is 0 Å². The van der Waals surface area contributed by atoms with Crippen LogP contribution in [0.3, 0.4) is 0 Å². The van der Waals surface area contributed by atoms with Gasteiger partial charge < -0.3 is 5.32 Å². The molecule has 2 unspecified atom stereocenters. The summed E-state index contributed by atoms with van der Waals surface area (Å²) in [5.74, 6) is 0.830. The Morgan fingerprint density at radius 2 is 2.00 bits per heavy atom. The lowest BCUT2D eigenvalue weighted by Gasteiger charge is -2.18. The number of rotatable bonds is 3. The fourth-order valence-electron chi connectivity index (χ4n) is 2.58. The highest BCUT2D eigenvalue weighted by molar-refractivity contribution is 9.10. The summed E-state index contributed by atoms with van der Waals surface area (Å²) in [7, 11) is 2.09. The minimum absolute atomic E-state index is 0.730. The van der Waals surface area contributed by atoms with E-state index in [9.17, 15) is 0 Å². The van der Waals surface area contributed by atoms with Crippen molar-refractivity contribution >= 4 is 15.9 Å². The predicted octanol–water partition coefficient (Wildman–Crippen LogP) is 3.38. The van der Waals surface area contributed by atoms with Crippen molar-refractivity contribution < 1.29 is 0 Å². The Balaban J connectivity index is 1.99. The lowest BCUT2D eigenvalue weighted by Crippen LogP contribution is -2.29. The predicted molar refractivity (Wildman–Crippen MR) is 68.0 cm³/mol. The molecule has 0 spiro atoms. The first-order chi connectivity index (χ1) is 7.29. The molecule has 0 saturated heterocycles. The molecule has 0 heterocycles. The third kappa shape index (κ3) is 2.82. The van der Waals surface area contributed by atoms with Crippen LogP contribution in [0.2, 0.25) is 0 Å². The first-order valence-corrected chi connectivity index (χ1v) is 6.50. The summed E-state index contributed by atoms with van der Waals surface area (Å²) in [5, 5.41) is 3.44. The van der Waals surface area contributed by atoms with Gasteiger partial charge in [-0.2, -0.15) is 0 Å². The molecule has 82 valence electrons. The van der Waals surface area contributed by atoms with Crippen LogP contribution in [0.15, 0.2) is 28.7 Å². The van der Waals surface area contributed by atoms with Gasteiger partial charge in [0.15, 0.2) is 0 Å². The molecule has 1 N–H and O–H groups in total. The minimum Gasteiger partial charge on any atom is -0.317 e. The number of halogens is 1. The maximum absolute atomic E-state index is 3.47. The first-order valence-electron chi connectivity index (χ1n) is 5.71. The van der Waals surface area contributed by atoms with E-state index in [0.717, 1.165) is 12.0 Å². The van der Waals surface area contributed by atoms with Gasteiger partial charge in [0.05, 0.1) is 0 Å². The van der Waals surface area contributed by atoms with Gasteiger partial charge in [-0.15, -0.1) is 0 Å². The Labute approximate surface area is 100 Å². The summed E-state index contributed by atoms with van der Waals surface area (Å²) in [6, 6.07) is 9.47. The topological polar surface area (TPSA) is 12.0 Å². The SMILES string of the molecule is CNC1CCCC1Cc1ccc(Br)cc1. The number of hydrogen-bond donors (Lipinski definition) is 1. The van der Waals surface area contributed by atoms with Crippen LogP contribution in [-0.2, 0) is 6.42 Å². The second kappa shape index (κ2) is 5.13. The fourth-order valence-corrected chi connectivity index (χ4v) is 2.85. The molecule has 2 atom stereocenters. The molecule has 1 saturated carbocycles. The monoisotopic (exact) mass is 267 g/mol. The molecular formula is C13H18BrN. The Morgan fingerprint density at radius 3 is 2.67 bits per heavy atom. The fraction of sp³-hybridized carbons (Fsp3) is 0.538. The molecule has 0 amide bonds. The third-order valence-corrected chi connectivity index (χ3v) is 3.97. The van der Waals surface area contributed by atoms with Crippen LogP contribution in [0.5, 0.6) is 0 Å². The van der Waals surface area contributed by atoms with Gasteiger partial charge in [0.2, 0.25) is 0 Å². The number of hydrogen-bond acceptors (Lipinski definition) is 1. The van der Waals surface area contributed by atoms with E-state index < -0.39 is 0 Å². The molecule has 0 bridgehead atoms. The molecule has 0 aromatic heterocycles. The smallest absolute Gasteiger partial charge is 0.0175 e. The van der Waals surface area contributed by atoms with Crippen molar-refractivity contribution in [2.75, 3.05) is 7.05 Å². The van der Waals surface area contributed by atoms with E-state index in [2.05, 4.69) is 52.6 Å². The maximum atomic E-state index is 3.47. The zero-order valence-corrected chi connectivity index (χ0v) is 10.8. The third-order valence-electron chi connectivity index (χ3n) is 3.44. The summed E-state index contributed by atoms with van der Waals surface area (Å²) in [6.45, 7) is 0. The summed E-state index contributed by atoms with van der Waals surface area (Å²) >= 11 is 3.47. The van der Waals surface area contributed by atoms with Crippen molar-refractivity contribution in [1.29, 1.82) is 0 Å². The lowest BCUT2D eigenvalue weighted by molar-refractivity contribution is 0.423. The molecule has 2 heteroatoms. The number of nitrogens with one attached hydrogen (secondary N) is 1. The summed E-state index contributed by atoms with van der Waals surface area (Å²) in [5.41, 5.74) is 1.46. The van der Waals surface area contributed by atoms with Gasteiger partial charge >= 0.3 is 0 Å². The highest BCUT2D eigenvalue weighted by Crippen LogP contribution is 2.28. The molecule has 0 aliphatic heterocycles. The normalized spacial score (nSPS) is 25.7. The highest BCUT2D eigenvalue weighted by Gasteiger charge is 2.25. The van der Waals surface area contributed by atoms with Crippen LogP contribution in [0.4, 0.5) is 0 Å². The van der Waals surface area contributed by atoms with E-state index in [1.54, 1.807) is 0 Å². The highest BCUT2D eigenvalue weighted by atomic mass is 79.9. The van der Waals surface area contributed by atoms with Gasteiger partial charge in [0.1, 0.15) is 0 Å². The number of benzene rings is 1. The van der Waals surface area contributed by atoms with Gasteiger partial charge in [-0.25, -0.2) is 0 Å². The lowest BCUT2D eigenvalue weighted by atomic mass is 9.95. The summed E-state index contributed by atoms with van der Waals surface area (Å²) in [6.07, 6.45) is 5.32. The average Bonchev–Trinajstić information content (AvgIpc) is 2.69. The van der Waals surface area contributed by atoms with Crippen LogP contribution in [0.1, 0.15) is 24.8 Å². The Kier molecular flexibility index (Phi) is 3.81. The summed E-state index contributed by atoms with van der Waals surface area (Å²) in [4.78, 5) is 0. The van der Waals surface area contributed by atoms with E-state index in [-0.39, 0.29) is 0 Å². The van der Waals surface area contributed by atoms with E-state index in [4.69, 9.17) is 0 Å². The van der Waals surface area contributed by atoms with Crippen LogP contribution in [0.25, 0.3) is 0 Å². The van der Waals surface area contributed by atoms with E-state index >= 15 is 0 Å². The molecule has 1 aromatic rings. The van der Waals surface area contributed by atoms with Crippen molar-refractivity contribution in [3.63, 3.8) is 0 Å². The van der Waals surface area contributed by atoms with Crippen molar-refractivity contribution in [1.82, 2.24) is 5.32 Å². The van der Waals surface area contributed by atoms with Crippen molar-refractivity contribution in [3.05, 3.63) is 34.3 Å². The second-order valence-corrected chi connectivity index (χ2v) is 5.33. The second-order valence-electron chi connectivity index (χ2n) is 4.42. The standard InChI is InChI=1S/C13H18BrN/c1-15-13-4-2-3-11(13)9-10-5-7-12(14)8-6-10/h5-8,11,13,15H,2-4,9H2,1H3. The zero-order chi connectivity index (χ0) is 10.7. The Morgan fingerprint density at radius 1 is 1.27 bits per heavy atom. The molecule has 1 nitrogen and oxygen atoms in total. The molecular weight excluding hydrogens is 250 g/mol.